The summed E-state index contributed by atoms with van der Waals surface area (Å²) in [5.41, 5.74) is 3.72. The number of fused-ring (bicyclic) bond motifs is 1. The first-order valence-electron chi connectivity index (χ1n) is 11.1. The molecular weight excluding hydrogens is 414 g/mol. The largest absolute Gasteiger partial charge is 0.495 e. The van der Waals surface area contributed by atoms with Gasteiger partial charge in [0.05, 0.1) is 24.6 Å². The SMILES string of the molecule is COc1ccccc1N1CCN(CCCN2C(=O)C3CC(C)=C(C)CC3C2=O)CC1.Cl. The van der Waals surface area contributed by atoms with Gasteiger partial charge in [-0.25, -0.2) is 0 Å². The molecule has 4 rings (SSSR count). The quantitative estimate of drug-likeness (QED) is 0.494. The molecule has 0 N–H and O–H groups in total. The Morgan fingerprint density at radius 1 is 0.903 bits per heavy atom. The number of para-hydroxylation sites is 2. The lowest BCUT2D eigenvalue weighted by Gasteiger charge is -2.36. The minimum absolute atomic E-state index is 0. The summed E-state index contributed by atoms with van der Waals surface area (Å²) in [6, 6.07) is 8.15. The van der Waals surface area contributed by atoms with E-state index in [0.29, 0.717) is 6.54 Å². The predicted octanol–water partition coefficient (Wildman–Crippen LogP) is 3.36. The summed E-state index contributed by atoms with van der Waals surface area (Å²) in [4.78, 5) is 31.9. The van der Waals surface area contributed by atoms with Crippen LogP contribution >= 0.6 is 12.4 Å². The minimum Gasteiger partial charge on any atom is -0.495 e. The minimum atomic E-state index is -0.120. The molecule has 7 heteroatoms. The summed E-state index contributed by atoms with van der Waals surface area (Å²) < 4.78 is 5.49. The van der Waals surface area contributed by atoms with Gasteiger partial charge in [0, 0.05) is 32.7 Å². The first kappa shape index (κ1) is 23.6. The van der Waals surface area contributed by atoms with Crippen LogP contribution in [0.3, 0.4) is 0 Å². The van der Waals surface area contributed by atoms with Crippen LogP contribution in [-0.2, 0) is 9.59 Å². The lowest BCUT2D eigenvalue weighted by molar-refractivity contribution is -0.140. The standard InChI is InChI=1S/C24H33N3O3.ClH/c1-17-15-19-20(16-18(17)2)24(29)27(23(19)28)10-6-9-25-11-13-26(14-12-25)21-7-4-5-8-22(21)30-3;/h4-5,7-8,19-20H,6,9-16H2,1-3H3;1H. The number of carbonyl (C=O) groups excluding carboxylic acids is 2. The van der Waals surface area contributed by atoms with Gasteiger partial charge in [0.2, 0.25) is 11.8 Å². The molecule has 170 valence electrons. The molecule has 1 aromatic carbocycles. The third-order valence-corrected chi connectivity index (χ3v) is 7.09. The molecular formula is C24H34ClN3O3. The van der Waals surface area contributed by atoms with Crippen molar-refractivity contribution in [3.63, 3.8) is 0 Å². The van der Waals surface area contributed by atoms with Gasteiger partial charge in [-0.1, -0.05) is 23.3 Å². The Morgan fingerprint density at radius 3 is 2.06 bits per heavy atom. The fourth-order valence-electron chi connectivity index (χ4n) is 5.10. The summed E-state index contributed by atoms with van der Waals surface area (Å²) >= 11 is 0. The summed E-state index contributed by atoms with van der Waals surface area (Å²) in [6.45, 7) is 9.53. The average molecular weight is 448 g/mol. The molecule has 2 fully saturated rings. The molecule has 0 radical (unpaired) electrons. The Labute approximate surface area is 191 Å². The number of likely N-dealkylation sites (tertiary alicyclic amines) is 1. The van der Waals surface area contributed by atoms with Gasteiger partial charge < -0.3 is 9.64 Å². The average Bonchev–Trinajstić information content (AvgIpc) is 2.99. The van der Waals surface area contributed by atoms with E-state index in [1.807, 2.05) is 18.2 Å². The second-order valence-electron chi connectivity index (χ2n) is 8.86. The molecule has 6 nitrogen and oxygen atoms in total. The molecule has 31 heavy (non-hydrogen) atoms. The first-order valence-corrected chi connectivity index (χ1v) is 11.1. The van der Waals surface area contributed by atoms with Crippen LogP contribution in [0.4, 0.5) is 5.69 Å². The molecule has 2 unspecified atom stereocenters. The molecule has 2 saturated heterocycles. The Balaban J connectivity index is 0.00000272. The number of allylic oxidation sites excluding steroid dienone is 2. The van der Waals surface area contributed by atoms with Gasteiger partial charge in [0.25, 0.3) is 0 Å². The monoisotopic (exact) mass is 447 g/mol. The zero-order valence-electron chi connectivity index (χ0n) is 18.8. The molecule has 1 aliphatic carbocycles. The van der Waals surface area contributed by atoms with Gasteiger partial charge in [-0.2, -0.15) is 0 Å². The number of hydrogen-bond acceptors (Lipinski definition) is 5. The number of benzene rings is 1. The number of methoxy groups -OCH3 is 1. The lowest BCUT2D eigenvalue weighted by Crippen LogP contribution is -2.47. The number of nitrogens with zero attached hydrogens (tertiary/aromatic N) is 3. The smallest absolute Gasteiger partial charge is 0.233 e. The van der Waals surface area contributed by atoms with E-state index in [-0.39, 0.29) is 36.1 Å². The fourth-order valence-corrected chi connectivity index (χ4v) is 5.10. The zero-order chi connectivity index (χ0) is 21.3. The first-order chi connectivity index (χ1) is 14.5. The van der Waals surface area contributed by atoms with Crippen molar-refractivity contribution in [2.75, 3.05) is 51.3 Å². The number of anilines is 1. The molecule has 0 bridgehead atoms. The summed E-state index contributed by atoms with van der Waals surface area (Å²) in [7, 11) is 1.71. The fraction of sp³-hybridized carbons (Fsp3) is 0.583. The van der Waals surface area contributed by atoms with Crippen LogP contribution in [0.2, 0.25) is 0 Å². The summed E-state index contributed by atoms with van der Waals surface area (Å²) in [5, 5.41) is 0. The Kier molecular flexibility index (Phi) is 7.65. The predicted molar refractivity (Wildman–Crippen MR) is 125 cm³/mol. The number of rotatable bonds is 6. The van der Waals surface area contributed by atoms with Crippen molar-refractivity contribution in [1.82, 2.24) is 9.80 Å². The maximum Gasteiger partial charge on any atom is 0.233 e. The summed E-state index contributed by atoms with van der Waals surface area (Å²) in [5.74, 6) is 0.783. The number of imide groups is 1. The van der Waals surface area contributed by atoms with Gasteiger partial charge in [-0.15, -0.1) is 12.4 Å². The highest BCUT2D eigenvalue weighted by molar-refractivity contribution is 6.05. The second-order valence-corrected chi connectivity index (χ2v) is 8.86. The van der Waals surface area contributed by atoms with Crippen LogP contribution in [-0.4, -0.2) is 68.0 Å². The van der Waals surface area contributed by atoms with Crippen LogP contribution < -0.4 is 9.64 Å². The van der Waals surface area contributed by atoms with E-state index in [9.17, 15) is 9.59 Å². The maximum absolute atomic E-state index is 12.8. The van der Waals surface area contributed by atoms with E-state index in [4.69, 9.17) is 4.74 Å². The number of halogens is 1. The molecule has 0 saturated carbocycles. The summed E-state index contributed by atoms with van der Waals surface area (Å²) in [6.07, 6.45) is 2.35. The van der Waals surface area contributed by atoms with Crippen molar-refractivity contribution in [2.24, 2.45) is 11.8 Å². The molecule has 2 amide bonds. The Hall–Kier alpha value is -2.05. The van der Waals surface area contributed by atoms with Crippen molar-refractivity contribution in [3.8, 4) is 5.75 Å². The molecule has 2 atom stereocenters. The highest BCUT2D eigenvalue weighted by Gasteiger charge is 2.48. The van der Waals surface area contributed by atoms with Crippen molar-refractivity contribution >= 4 is 29.9 Å². The number of amides is 2. The normalized spacial score (nSPS) is 24.4. The molecule has 0 aromatic heterocycles. The second kappa shape index (κ2) is 10.0. The van der Waals surface area contributed by atoms with E-state index < -0.39 is 0 Å². The third kappa shape index (κ3) is 4.75. The van der Waals surface area contributed by atoms with E-state index >= 15 is 0 Å². The van der Waals surface area contributed by atoms with E-state index in [1.165, 1.54) is 11.1 Å². The third-order valence-electron chi connectivity index (χ3n) is 7.09. The molecule has 2 heterocycles. The van der Waals surface area contributed by atoms with Crippen LogP contribution in [0.15, 0.2) is 35.4 Å². The molecule has 1 aromatic rings. The van der Waals surface area contributed by atoms with Crippen molar-refractivity contribution in [2.45, 2.75) is 33.1 Å². The highest BCUT2D eigenvalue weighted by Crippen LogP contribution is 2.40. The molecule has 2 aliphatic heterocycles. The Morgan fingerprint density at radius 2 is 1.48 bits per heavy atom. The van der Waals surface area contributed by atoms with E-state index in [2.05, 4.69) is 29.7 Å². The highest BCUT2D eigenvalue weighted by atomic mass is 35.5. The van der Waals surface area contributed by atoms with E-state index in [0.717, 1.165) is 63.4 Å². The number of carbonyl (C=O) groups is 2. The van der Waals surface area contributed by atoms with Crippen molar-refractivity contribution in [1.29, 1.82) is 0 Å². The maximum atomic E-state index is 12.8. The number of piperazine rings is 1. The topological polar surface area (TPSA) is 53.1 Å². The van der Waals surface area contributed by atoms with Crippen molar-refractivity contribution < 1.29 is 14.3 Å². The molecule has 0 spiro atoms. The van der Waals surface area contributed by atoms with Gasteiger partial charge in [-0.3, -0.25) is 19.4 Å². The van der Waals surface area contributed by atoms with Gasteiger partial charge in [-0.05, 0) is 51.8 Å². The number of ether oxygens (including phenoxy) is 1. The van der Waals surface area contributed by atoms with Gasteiger partial charge in [0.1, 0.15) is 5.75 Å². The van der Waals surface area contributed by atoms with Crippen LogP contribution in [0.1, 0.15) is 33.1 Å². The number of hydrogen-bond donors (Lipinski definition) is 0. The van der Waals surface area contributed by atoms with Crippen LogP contribution in [0, 0.1) is 11.8 Å². The molecule has 3 aliphatic rings. The zero-order valence-corrected chi connectivity index (χ0v) is 19.6. The lowest BCUT2D eigenvalue weighted by atomic mass is 9.78. The van der Waals surface area contributed by atoms with Crippen LogP contribution in [0.5, 0.6) is 5.75 Å². The van der Waals surface area contributed by atoms with Crippen molar-refractivity contribution in [3.05, 3.63) is 35.4 Å². The Bertz CT molecular complexity index is 816. The van der Waals surface area contributed by atoms with Gasteiger partial charge in [0.15, 0.2) is 0 Å². The van der Waals surface area contributed by atoms with Crippen LogP contribution in [0.25, 0.3) is 0 Å². The van der Waals surface area contributed by atoms with Gasteiger partial charge >= 0.3 is 0 Å². The van der Waals surface area contributed by atoms with E-state index in [1.54, 1.807) is 12.0 Å².